The molecule has 0 unspecified atom stereocenters. The van der Waals surface area contributed by atoms with Gasteiger partial charge in [0.05, 0.1) is 9.92 Å². The van der Waals surface area contributed by atoms with Gasteiger partial charge in [-0.2, -0.15) is 0 Å². The van der Waals surface area contributed by atoms with Crippen molar-refractivity contribution in [3.63, 3.8) is 0 Å². The van der Waals surface area contributed by atoms with E-state index in [1.807, 2.05) is 0 Å². The molecule has 3 aromatic carbocycles. The normalized spacial score (nSPS) is 17.7. The van der Waals surface area contributed by atoms with Crippen LogP contribution in [-0.2, 0) is 10.0 Å². The highest BCUT2D eigenvalue weighted by atomic mass is 35.5. The molecular formula is C25H24ClF3N4O6S. The van der Waals surface area contributed by atoms with Crippen LogP contribution < -0.4 is 36.3 Å². The van der Waals surface area contributed by atoms with Crippen LogP contribution in [0.3, 0.4) is 0 Å². The number of alkyl halides is 3. The molecule has 0 spiro atoms. The third-order valence-corrected chi connectivity index (χ3v) is 7.97. The topological polar surface area (TPSA) is 143 Å². The van der Waals surface area contributed by atoms with E-state index in [0.29, 0.717) is 25.7 Å². The van der Waals surface area contributed by atoms with E-state index >= 15 is 0 Å². The lowest BCUT2D eigenvalue weighted by atomic mass is 9.91. The first-order chi connectivity index (χ1) is 18.7. The number of rotatable bonds is 8. The largest absolute Gasteiger partial charge is 0.573 e. The minimum absolute atomic E-state index is 0.0465. The molecule has 3 aromatic rings. The number of hydrogen-bond acceptors (Lipinski definition) is 7. The summed E-state index contributed by atoms with van der Waals surface area (Å²) in [5, 5.41) is 7.88. The van der Waals surface area contributed by atoms with Crippen molar-refractivity contribution in [3.8, 4) is 5.75 Å². The van der Waals surface area contributed by atoms with Crippen molar-refractivity contribution in [2.75, 3.05) is 15.4 Å². The SMILES string of the molecule is Cc1ccc(S(=O)(=O)Nc2c(NC3CCC(NC(=O)Nc4ccc(OC(F)(F)F)c(Cl)c4)CC3)c(=O)c2=O)cc1. The Hall–Kier alpha value is -3.78. The number of hydrogen-bond donors (Lipinski definition) is 4. The van der Waals surface area contributed by atoms with Gasteiger partial charge in [-0.25, -0.2) is 13.2 Å². The van der Waals surface area contributed by atoms with Gasteiger partial charge in [-0.3, -0.25) is 14.3 Å². The monoisotopic (exact) mass is 600 g/mol. The van der Waals surface area contributed by atoms with E-state index in [4.69, 9.17) is 11.6 Å². The molecule has 0 radical (unpaired) electrons. The third kappa shape index (κ3) is 7.04. The van der Waals surface area contributed by atoms with E-state index in [-0.39, 0.29) is 39.1 Å². The van der Waals surface area contributed by atoms with Crippen molar-refractivity contribution in [2.45, 2.75) is 55.9 Å². The zero-order valence-corrected chi connectivity index (χ0v) is 22.5. The minimum atomic E-state index is -4.90. The van der Waals surface area contributed by atoms with Crippen LogP contribution in [-0.4, -0.2) is 32.9 Å². The number of amides is 2. The van der Waals surface area contributed by atoms with Crippen LogP contribution in [0.2, 0.25) is 5.02 Å². The Kier molecular flexibility index (Phi) is 8.30. The Morgan fingerprint density at radius 3 is 2.15 bits per heavy atom. The van der Waals surface area contributed by atoms with Gasteiger partial charge in [-0.15, -0.1) is 13.2 Å². The Balaban J connectivity index is 1.29. The quantitative estimate of drug-likeness (QED) is 0.279. The van der Waals surface area contributed by atoms with Crippen LogP contribution in [0.1, 0.15) is 31.2 Å². The molecule has 0 bridgehead atoms. The number of carbonyl (C=O) groups is 1. The van der Waals surface area contributed by atoms with Gasteiger partial charge in [0, 0.05) is 17.8 Å². The van der Waals surface area contributed by atoms with Crippen molar-refractivity contribution < 1.29 is 31.1 Å². The second-order valence-corrected chi connectivity index (χ2v) is 11.4. The molecule has 4 rings (SSSR count). The molecule has 1 aliphatic rings. The first-order valence-electron chi connectivity index (χ1n) is 12.0. The Labute approximate surface area is 231 Å². The van der Waals surface area contributed by atoms with Gasteiger partial charge in [0.1, 0.15) is 17.1 Å². The molecule has 1 saturated carbocycles. The van der Waals surface area contributed by atoms with E-state index in [1.165, 1.54) is 18.2 Å². The van der Waals surface area contributed by atoms with Crippen molar-refractivity contribution in [1.82, 2.24) is 5.32 Å². The summed E-state index contributed by atoms with van der Waals surface area (Å²) in [6.45, 7) is 1.80. The van der Waals surface area contributed by atoms with Gasteiger partial charge in [0.15, 0.2) is 0 Å². The summed E-state index contributed by atoms with van der Waals surface area (Å²) in [6, 6.07) is 8.26. The zero-order chi connectivity index (χ0) is 29.2. The second kappa shape index (κ2) is 11.4. The molecule has 0 saturated heterocycles. The summed E-state index contributed by atoms with van der Waals surface area (Å²) in [7, 11) is -4.07. The maximum atomic E-state index is 12.7. The summed E-state index contributed by atoms with van der Waals surface area (Å²) in [5.41, 5.74) is -1.13. The molecule has 1 fully saturated rings. The number of anilines is 3. The highest BCUT2D eigenvalue weighted by Gasteiger charge is 2.32. The molecule has 0 atom stereocenters. The molecule has 2 amide bonds. The summed E-state index contributed by atoms with van der Waals surface area (Å²) in [6.07, 6.45) is -2.89. The van der Waals surface area contributed by atoms with E-state index in [2.05, 4.69) is 25.4 Å². The van der Waals surface area contributed by atoms with Gasteiger partial charge in [0.25, 0.3) is 20.9 Å². The number of nitrogens with one attached hydrogen (secondary N) is 4. The molecule has 15 heteroatoms. The standard InChI is InChI=1S/C25H24ClF3N4O6S/c1-13-2-9-17(10-3-13)40(37,38)33-21-20(22(34)23(21)35)30-14-4-6-15(7-5-14)31-24(36)32-16-8-11-19(18(26)12-16)39-25(27,28)29/h2-3,8-12,14-15,30,33H,4-7H2,1H3,(H2,31,32,36). The first-order valence-corrected chi connectivity index (χ1v) is 13.9. The van der Waals surface area contributed by atoms with Gasteiger partial charge in [-0.1, -0.05) is 29.3 Å². The number of carbonyl (C=O) groups excluding carboxylic acids is 1. The summed E-state index contributed by atoms with van der Waals surface area (Å²) >= 11 is 5.80. The van der Waals surface area contributed by atoms with Gasteiger partial charge < -0.3 is 20.7 Å². The molecular weight excluding hydrogens is 577 g/mol. The first kappa shape index (κ1) is 29.2. The fourth-order valence-electron chi connectivity index (χ4n) is 4.26. The highest BCUT2D eigenvalue weighted by Crippen LogP contribution is 2.32. The molecule has 1 aliphatic carbocycles. The van der Waals surface area contributed by atoms with E-state index < -0.39 is 39.0 Å². The van der Waals surface area contributed by atoms with Crippen molar-refractivity contribution in [3.05, 3.63) is 73.5 Å². The third-order valence-electron chi connectivity index (χ3n) is 6.30. The number of sulfonamides is 1. The molecule has 4 N–H and O–H groups in total. The zero-order valence-electron chi connectivity index (χ0n) is 20.9. The number of urea groups is 1. The van der Waals surface area contributed by atoms with E-state index in [1.54, 1.807) is 19.1 Å². The fraction of sp³-hybridized carbons (Fsp3) is 0.320. The highest BCUT2D eigenvalue weighted by molar-refractivity contribution is 7.92. The van der Waals surface area contributed by atoms with Crippen LogP contribution in [0.4, 0.5) is 35.0 Å². The summed E-state index contributed by atoms with van der Waals surface area (Å²) < 4.78 is 68.5. The molecule has 0 aromatic heterocycles. The Morgan fingerprint density at radius 1 is 0.950 bits per heavy atom. The molecule has 0 aliphatic heterocycles. The molecule has 10 nitrogen and oxygen atoms in total. The molecule has 214 valence electrons. The van der Waals surface area contributed by atoms with Crippen molar-refractivity contribution >= 4 is 44.7 Å². The fourth-order valence-corrected chi connectivity index (χ4v) is 5.56. The van der Waals surface area contributed by atoms with Crippen molar-refractivity contribution in [1.29, 1.82) is 0 Å². The summed E-state index contributed by atoms with van der Waals surface area (Å²) in [4.78, 5) is 36.6. The lowest BCUT2D eigenvalue weighted by Gasteiger charge is -2.31. The van der Waals surface area contributed by atoms with Crippen LogP contribution in [0, 0.1) is 6.92 Å². The minimum Gasteiger partial charge on any atom is -0.404 e. The van der Waals surface area contributed by atoms with Crippen LogP contribution in [0.15, 0.2) is 56.9 Å². The molecule has 0 heterocycles. The van der Waals surface area contributed by atoms with Crippen molar-refractivity contribution in [2.24, 2.45) is 0 Å². The lowest BCUT2D eigenvalue weighted by Crippen LogP contribution is -2.44. The average Bonchev–Trinajstić information content (AvgIpc) is 2.88. The van der Waals surface area contributed by atoms with E-state index in [0.717, 1.165) is 17.7 Å². The van der Waals surface area contributed by atoms with E-state index in [9.17, 15) is 36.0 Å². The smallest absolute Gasteiger partial charge is 0.404 e. The van der Waals surface area contributed by atoms with Gasteiger partial charge >= 0.3 is 12.4 Å². The number of ether oxygens (including phenoxy) is 1. The molecule has 40 heavy (non-hydrogen) atoms. The second-order valence-electron chi connectivity index (χ2n) is 9.31. The summed E-state index contributed by atoms with van der Waals surface area (Å²) in [5.74, 6) is -0.598. The predicted octanol–water partition coefficient (Wildman–Crippen LogP) is 4.49. The lowest BCUT2D eigenvalue weighted by molar-refractivity contribution is -0.274. The number of halogens is 4. The average molecular weight is 601 g/mol. The van der Waals surface area contributed by atoms with Crippen LogP contribution in [0.25, 0.3) is 0 Å². The van der Waals surface area contributed by atoms with Crippen LogP contribution >= 0.6 is 11.6 Å². The Morgan fingerprint density at radius 2 is 1.55 bits per heavy atom. The van der Waals surface area contributed by atoms with Gasteiger partial charge in [0.2, 0.25) is 0 Å². The predicted molar refractivity (Wildman–Crippen MR) is 143 cm³/mol. The maximum Gasteiger partial charge on any atom is 0.573 e. The van der Waals surface area contributed by atoms with Gasteiger partial charge in [-0.05, 0) is 62.9 Å². The number of benzene rings is 2. The maximum absolute atomic E-state index is 12.7. The Bertz CT molecular complexity index is 1580. The van der Waals surface area contributed by atoms with Crippen LogP contribution in [0.5, 0.6) is 5.75 Å². The number of aryl methyl sites for hydroxylation is 1.